The number of methoxy groups -OCH3 is 1. The van der Waals surface area contributed by atoms with Gasteiger partial charge in [0.2, 0.25) is 21.8 Å². The van der Waals surface area contributed by atoms with Gasteiger partial charge in [0.1, 0.15) is 5.75 Å². The van der Waals surface area contributed by atoms with Crippen molar-refractivity contribution in [3.63, 3.8) is 0 Å². The highest BCUT2D eigenvalue weighted by atomic mass is 32.2. The van der Waals surface area contributed by atoms with Crippen LogP contribution in [0.3, 0.4) is 0 Å². The fourth-order valence-electron chi connectivity index (χ4n) is 3.64. The number of piperidine rings is 1. The molecule has 9 heteroatoms. The smallest absolute Gasteiger partial charge is 0.243 e. The van der Waals surface area contributed by atoms with Gasteiger partial charge in [-0.15, -0.1) is 0 Å². The summed E-state index contributed by atoms with van der Waals surface area (Å²) in [7, 11) is -2.03. The van der Waals surface area contributed by atoms with E-state index >= 15 is 0 Å². The third-order valence-corrected chi connectivity index (χ3v) is 7.22. The molecule has 1 aliphatic heterocycles. The summed E-state index contributed by atoms with van der Waals surface area (Å²) in [5.74, 6) is 0.681. The number of hydrogen-bond acceptors (Lipinski definition) is 5. The third kappa shape index (κ3) is 6.43. The van der Waals surface area contributed by atoms with Crippen LogP contribution in [0, 0.1) is 11.8 Å². The van der Waals surface area contributed by atoms with Crippen LogP contribution in [0.1, 0.15) is 33.1 Å². The number of nitrogens with zero attached hydrogens (tertiary/aromatic N) is 1. The number of hydrogen-bond donors (Lipinski definition) is 2. The average molecular weight is 426 g/mol. The maximum Gasteiger partial charge on any atom is 0.243 e. The van der Waals surface area contributed by atoms with Gasteiger partial charge in [-0.1, -0.05) is 13.3 Å². The summed E-state index contributed by atoms with van der Waals surface area (Å²) in [5.41, 5.74) is 0. The first-order valence-corrected chi connectivity index (χ1v) is 11.4. The monoisotopic (exact) mass is 425 g/mol. The van der Waals surface area contributed by atoms with Gasteiger partial charge in [0.25, 0.3) is 0 Å². The molecule has 29 heavy (non-hydrogen) atoms. The largest absolute Gasteiger partial charge is 0.497 e. The lowest BCUT2D eigenvalue weighted by molar-refractivity contribution is -0.123. The molecule has 0 aliphatic carbocycles. The summed E-state index contributed by atoms with van der Waals surface area (Å²) in [6, 6.07) is 6.40. The van der Waals surface area contributed by atoms with Crippen LogP contribution in [0.4, 0.5) is 0 Å². The second kappa shape index (κ2) is 10.6. The number of rotatable bonds is 9. The lowest BCUT2D eigenvalue weighted by atomic mass is 9.82. The van der Waals surface area contributed by atoms with Gasteiger partial charge in [-0.2, -0.15) is 4.31 Å². The topological polar surface area (TPSA) is 105 Å². The molecule has 0 radical (unpaired) electrons. The van der Waals surface area contributed by atoms with Gasteiger partial charge in [-0.3, -0.25) is 9.59 Å². The first kappa shape index (κ1) is 23.2. The summed E-state index contributed by atoms with van der Waals surface area (Å²) >= 11 is 0. The van der Waals surface area contributed by atoms with E-state index in [-0.39, 0.29) is 28.5 Å². The molecule has 0 unspecified atom stereocenters. The van der Waals surface area contributed by atoms with Crippen LogP contribution in [0.5, 0.6) is 5.75 Å². The zero-order valence-corrected chi connectivity index (χ0v) is 18.1. The van der Waals surface area contributed by atoms with Crippen molar-refractivity contribution >= 4 is 21.8 Å². The van der Waals surface area contributed by atoms with Crippen molar-refractivity contribution in [2.45, 2.75) is 38.0 Å². The van der Waals surface area contributed by atoms with E-state index in [4.69, 9.17) is 4.74 Å². The Morgan fingerprint density at radius 3 is 2.38 bits per heavy atom. The van der Waals surface area contributed by atoms with Crippen molar-refractivity contribution in [2.24, 2.45) is 11.8 Å². The van der Waals surface area contributed by atoms with Gasteiger partial charge in [0.05, 0.1) is 12.0 Å². The fourth-order valence-corrected chi connectivity index (χ4v) is 5.16. The van der Waals surface area contributed by atoms with E-state index in [1.807, 2.05) is 6.92 Å². The minimum absolute atomic E-state index is 0.0646. The van der Waals surface area contributed by atoms with Crippen molar-refractivity contribution < 1.29 is 22.7 Å². The molecule has 2 N–H and O–H groups in total. The Bertz CT molecular complexity index is 795. The Balaban J connectivity index is 1.94. The van der Waals surface area contributed by atoms with Crippen molar-refractivity contribution in [1.29, 1.82) is 0 Å². The van der Waals surface area contributed by atoms with Crippen LogP contribution in [0.2, 0.25) is 0 Å². The van der Waals surface area contributed by atoms with Crippen LogP contribution >= 0.6 is 0 Å². The summed E-state index contributed by atoms with van der Waals surface area (Å²) in [4.78, 5) is 23.3. The van der Waals surface area contributed by atoms with Crippen LogP contribution in [-0.4, -0.2) is 57.8 Å². The number of ether oxygens (including phenoxy) is 1. The second-order valence-corrected chi connectivity index (χ2v) is 9.23. The van der Waals surface area contributed by atoms with Crippen LogP contribution in [0.25, 0.3) is 0 Å². The Morgan fingerprint density at radius 2 is 1.79 bits per heavy atom. The maximum absolute atomic E-state index is 13.0. The summed E-state index contributed by atoms with van der Waals surface area (Å²) in [6.45, 7) is 5.05. The number of sulfonamides is 1. The lowest BCUT2D eigenvalue weighted by Crippen LogP contribution is -2.45. The van der Waals surface area contributed by atoms with Crippen molar-refractivity contribution in [1.82, 2.24) is 14.9 Å². The minimum Gasteiger partial charge on any atom is -0.497 e. The molecule has 2 atom stereocenters. The SMILES string of the molecule is CC[C@@H]1CN(S(=O)(=O)c2ccc(OC)cc2)CC[C@H]1CC(=O)NCCNC(C)=O. The normalized spacial score (nSPS) is 20.1. The molecule has 0 saturated carbocycles. The summed E-state index contributed by atoms with van der Waals surface area (Å²) in [6.07, 6.45) is 1.82. The number of carbonyl (C=O) groups is 2. The highest BCUT2D eigenvalue weighted by molar-refractivity contribution is 7.89. The quantitative estimate of drug-likeness (QED) is 0.582. The molecule has 1 aliphatic rings. The van der Waals surface area contributed by atoms with Gasteiger partial charge in [0, 0.05) is 39.5 Å². The van der Waals surface area contributed by atoms with Gasteiger partial charge in [-0.05, 0) is 42.5 Å². The Kier molecular flexibility index (Phi) is 8.45. The molecular weight excluding hydrogens is 394 g/mol. The zero-order valence-electron chi connectivity index (χ0n) is 17.3. The molecule has 0 bridgehead atoms. The Labute approximate surface area is 173 Å². The predicted molar refractivity (Wildman–Crippen MR) is 110 cm³/mol. The van der Waals surface area contributed by atoms with E-state index in [0.29, 0.717) is 44.8 Å². The summed E-state index contributed by atoms with van der Waals surface area (Å²) < 4.78 is 32.6. The van der Waals surface area contributed by atoms with E-state index in [2.05, 4.69) is 10.6 Å². The van der Waals surface area contributed by atoms with Crippen LogP contribution in [-0.2, 0) is 19.6 Å². The second-order valence-electron chi connectivity index (χ2n) is 7.29. The first-order chi connectivity index (χ1) is 13.8. The van der Waals surface area contributed by atoms with Gasteiger partial charge in [0.15, 0.2) is 0 Å². The average Bonchev–Trinajstić information content (AvgIpc) is 2.71. The zero-order chi connectivity index (χ0) is 21.4. The van der Waals surface area contributed by atoms with E-state index in [1.165, 1.54) is 18.3 Å². The fraction of sp³-hybridized carbons (Fsp3) is 0.600. The highest BCUT2D eigenvalue weighted by Crippen LogP contribution is 2.32. The summed E-state index contributed by atoms with van der Waals surface area (Å²) in [5, 5.41) is 5.45. The Morgan fingerprint density at radius 1 is 1.14 bits per heavy atom. The molecule has 0 spiro atoms. The van der Waals surface area contributed by atoms with E-state index in [9.17, 15) is 18.0 Å². The molecule has 1 saturated heterocycles. The molecule has 2 rings (SSSR count). The van der Waals surface area contributed by atoms with E-state index in [1.54, 1.807) is 24.3 Å². The maximum atomic E-state index is 13.0. The minimum atomic E-state index is -3.57. The first-order valence-electron chi connectivity index (χ1n) is 9.93. The van der Waals surface area contributed by atoms with Gasteiger partial charge in [-0.25, -0.2) is 8.42 Å². The van der Waals surface area contributed by atoms with Gasteiger partial charge >= 0.3 is 0 Å². The van der Waals surface area contributed by atoms with Crippen molar-refractivity contribution in [3.8, 4) is 5.75 Å². The Hall–Kier alpha value is -2.13. The van der Waals surface area contributed by atoms with Crippen LogP contribution < -0.4 is 15.4 Å². The third-order valence-electron chi connectivity index (χ3n) is 5.34. The van der Waals surface area contributed by atoms with Crippen LogP contribution in [0.15, 0.2) is 29.2 Å². The predicted octanol–water partition coefficient (Wildman–Crippen LogP) is 1.37. The molecule has 2 amide bonds. The standard InChI is InChI=1S/C20H31N3O5S/c1-4-16-14-23(29(26,27)19-7-5-18(28-3)6-8-19)12-9-17(16)13-20(25)22-11-10-21-15(2)24/h5-8,16-17H,4,9-14H2,1-3H3,(H,21,24)(H,22,25)/t16-,17+/m1/s1. The molecule has 8 nitrogen and oxygen atoms in total. The lowest BCUT2D eigenvalue weighted by Gasteiger charge is -2.37. The van der Waals surface area contributed by atoms with E-state index in [0.717, 1.165) is 6.42 Å². The molecular formula is C20H31N3O5S. The molecule has 1 heterocycles. The molecule has 1 aromatic rings. The molecule has 0 aromatic heterocycles. The van der Waals surface area contributed by atoms with Gasteiger partial charge < -0.3 is 15.4 Å². The number of benzene rings is 1. The number of amides is 2. The number of carbonyl (C=O) groups excluding carboxylic acids is 2. The molecule has 1 fully saturated rings. The number of nitrogens with one attached hydrogen (secondary N) is 2. The van der Waals surface area contributed by atoms with E-state index < -0.39 is 10.0 Å². The van der Waals surface area contributed by atoms with Crippen molar-refractivity contribution in [2.75, 3.05) is 33.3 Å². The highest BCUT2D eigenvalue weighted by Gasteiger charge is 2.35. The molecule has 1 aromatic carbocycles. The molecule has 162 valence electrons. The van der Waals surface area contributed by atoms with Crippen molar-refractivity contribution in [3.05, 3.63) is 24.3 Å².